The number of hydrogen-bond donors (Lipinski definition) is 1. The van der Waals surface area contributed by atoms with Gasteiger partial charge in [0.1, 0.15) is 19.0 Å². The van der Waals surface area contributed by atoms with E-state index in [4.69, 9.17) is 20.2 Å². The van der Waals surface area contributed by atoms with Crippen molar-refractivity contribution < 1.29 is 9.47 Å². The first-order valence-corrected chi connectivity index (χ1v) is 10.3. The third-order valence-electron chi connectivity index (χ3n) is 5.16. The summed E-state index contributed by atoms with van der Waals surface area (Å²) in [5.74, 6) is 2.86. The molecule has 1 aliphatic heterocycles. The highest BCUT2D eigenvalue weighted by atomic mass is 16.6. The fourth-order valence-electron chi connectivity index (χ4n) is 3.74. The maximum absolute atomic E-state index is 5.73. The number of aryl methyl sites for hydroxylation is 2. The van der Waals surface area contributed by atoms with Gasteiger partial charge in [-0.2, -0.15) is 0 Å². The number of fused-ring (bicyclic) bond motifs is 2. The molecule has 0 radical (unpaired) electrons. The lowest BCUT2D eigenvalue weighted by molar-refractivity contribution is 0.172. The molecular formula is C21H33N3O2. The maximum Gasteiger partial charge on any atom is 0.163 e. The summed E-state index contributed by atoms with van der Waals surface area (Å²) in [7, 11) is 0. The van der Waals surface area contributed by atoms with E-state index in [0.717, 1.165) is 42.0 Å². The molecule has 0 aliphatic carbocycles. The summed E-state index contributed by atoms with van der Waals surface area (Å²) >= 11 is 0. The Morgan fingerprint density at radius 2 is 1.54 bits per heavy atom. The molecule has 5 nitrogen and oxygen atoms in total. The molecule has 5 heteroatoms. The highest BCUT2D eigenvalue weighted by Gasteiger charge is 2.17. The zero-order valence-electron chi connectivity index (χ0n) is 16.1. The van der Waals surface area contributed by atoms with Crippen LogP contribution in [0.25, 0.3) is 11.0 Å². The molecule has 26 heavy (non-hydrogen) atoms. The van der Waals surface area contributed by atoms with Crippen molar-refractivity contribution in [2.24, 2.45) is 5.73 Å². The molecule has 0 fully saturated rings. The second-order valence-electron chi connectivity index (χ2n) is 7.12. The number of benzene rings is 1. The van der Waals surface area contributed by atoms with Gasteiger partial charge >= 0.3 is 0 Å². The van der Waals surface area contributed by atoms with Gasteiger partial charge in [-0.05, 0) is 26.3 Å². The summed E-state index contributed by atoms with van der Waals surface area (Å²) in [5.41, 5.74) is 7.71. The summed E-state index contributed by atoms with van der Waals surface area (Å²) in [5, 5.41) is 0. The van der Waals surface area contributed by atoms with Crippen molar-refractivity contribution >= 4 is 11.0 Å². The van der Waals surface area contributed by atoms with E-state index in [2.05, 4.69) is 17.6 Å². The number of nitrogens with zero attached hydrogens (tertiary/aromatic N) is 2. The molecule has 0 atom stereocenters. The molecule has 1 aromatic heterocycles. The SMILES string of the molecule is CCn1c(CCCCCCCCCCN)nc2cc3c(cc21)OCCO3. The molecule has 0 saturated heterocycles. The second kappa shape index (κ2) is 9.81. The van der Waals surface area contributed by atoms with E-state index in [1.807, 2.05) is 6.07 Å². The molecule has 0 bridgehead atoms. The molecule has 1 aromatic carbocycles. The molecule has 0 spiro atoms. The number of imidazole rings is 1. The largest absolute Gasteiger partial charge is 0.486 e. The van der Waals surface area contributed by atoms with E-state index in [-0.39, 0.29) is 0 Å². The fraction of sp³-hybridized carbons (Fsp3) is 0.667. The normalized spacial score (nSPS) is 13.5. The van der Waals surface area contributed by atoms with Gasteiger partial charge in [0.25, 0.3) is 0 Å². The van der Waals surface area contributed by atoms with E-state index in [9.17, 15) is 0 Å². The number of rotatable bonds is 11. The predicted molar refractivity (Wildman–Crippen MR) is 106 cm³/mol. The monoisotopic (exact) mass is 359 g/mol. The Kier molecular flexibility index (Phi) is 7.18. The Balaban J connectivity index is 1.51. The van der Waals surface area contributed by atoms with Gasteiger partial charge in [-0.1, -0.05) is 38.5 Å². The van der Waals surface area contributed by atoms with Gasteiger partial charge in [-0.15, -0.1) is 0 Å². The fourth-order valence-corrected chi connectivity index (χ4v) is 3.74. The summed E-state index contributed by atoms with van der Waals surface area (Å²) < 4.78 is 13.7. The number of hydrogen-bond acceptors (Lipinski definition) is 4. The minimum Gasteiger partial charge on any atom is -0.486 e. The minimum absolute atomic E-state index is 0.617. The lowest BCUT2D eigenvalue weighted by atomic mass is 10.1. The maximum atomic E-state index is 5.73. The average Bonchev–Trinajstić information content (AvgIpc) is 3.01. The van der Waals surface area contributed by atoms with E-state index in [0.29, 0.717) is 13.2 Å². The van der Waals surface area contributed by atoms with Crippen LogP contribution in [-0.4, -0.2) is 29.3 Å². The highest BCUT2D eigenvalue weighted by molar-refractivity contribution is 5.80. The van der Waals surface area contributed by atoms with E-state index >= 15 is 0 Å². The Hall–Kier alpha value is -1.75. The van der Waals surface area contributed by atoms with Crippen molar-refractivity contribution in [3.8, 4) is 11.5 Å². The van der Waals surface area contributed by atoms with Crippen LogP contribution in [0.3, 0.4) is 0 Å². The van der Waals surface area contributed by atoms with Gasteiger partial charge in [-0.3, -0.25) is 0 Å². The zero-order chi connectivity index (χ0) is 18.2. The first-order valence-electron chi connectivity index (χ1n) is 10.3. The Labute approximate surface area is 156 Å². The molecule has 2 heterocycles. The Bertz CT molecular complexity index is 696. The molecule has 0 amide bonds. The van der Waals surface area contributed by atoms with Crippen LogP contribution in [-0.2, 0) is 13.0 Å². The van der Waals surface area contributed by atoms with Gasteiger partial charge < -0.3 is 19.8 Å². The lowest BCUT2D eigenvalue weighted by Gasteiger charge is -2.18. The number of unbranched alkanes of at least 4 members (excludes halogenated alkanes) is 7. The lowest BCUT2D eigenvalue weighted by Crippen LogP contribution is -2.15. The van der Waals surface area contributed by atoms with Crippen LogP contribution < -0.4 is 15.2 Å². The first-order chi connectivity index (χ1) is 12.8. The molecule has 3 rings (SSSR count). The summed E-state index contributed by atoms with van der Waals surface area (Å²) in [6.07, 6.45) is 11.3. The molecular weight excluding hydrogens is 326 g/mol. The van der Waals surface area contributed by atoms with Crippen LogP contribution in [0.1, 0.15) is 64.1 Å². The number of ether oxygens (including phenoxy) is 2. The van der Waals surface area contributed by atoms with Gasteiger partial charge in [0.15, 0.2) is 11.5 Å². The Morgan fingerprint density at radius 3 is 2.19 bits per heavy atom. The third-order valence-corrected chi connectivity index (χ3v) is 5.16. The van der Waals surface area contributed by atoms with Crippen LogP contribution in [0.15, 0.2) is 12.1 Å². The van der Waals surface area contributed by atoms with Gasteiger partial charge in [0.05, 0.1) is 11.0 Å². The van der Waals surface area contributed by atoms with Crippen molar-refractivity contribution in [3.63, 3.8) is 0 Å². The summed E-state index contributed by atoms with van der Waals surface area (Å²) in [6.45, 7) is 5.19. The van der Waals surface area contributed by atoms with Crippen LogP contribution >= 0.6 is 0 Å². The molecule has 144 valence electrons. The van der Waals surface area contributed by atoms with Crippen molar-refractivity contribution in [2.45, 2.75) is 71.3 Å². The van der Waals surface area contributed by atoms with E-state index in [1.165, 1.54) is 57.2 Å². The summed E-state index contributed by atoms with van der Waals surface area (Å²) in [4.78, 5) is 4.87. The standard InChI is InChI=1S/C21H33N3O2/c1-2-24-18-16-20-19(25-13-14-26-20)15-17(18)23-21(24)11-9-7-5-3-4-6-8-10-12-22/h15-16H,2-14,22H2,1H3. The predicted octanol–water partition coefficient (Wildman–Crippen LogP) is 4.45. The van der Waals surface area contributed by atoms with Crippen LogP contribution in [0.2, 0.25) is 0 Å². The Morgan fingerprint density at radius 1 is 0.923 bits per heavy atom. The van der Waals surface area contributed by atoms with Crippen LogP contribution in [0.5, 0.6) is 11.5 Å². The number of aromatic nitrogens is 2. The molecule has 2 aromatic rings. The van der Waals surface area contributed by atoms with Crippen molar-refractivity contribution in [1.29, 1.82) is 0 Å². The average molecular weight is 360 g/mol. The van der Waals surface area contributed by atoms with Crippen molar-refractivity contribution in [1.82, 2.24) is 9.55 Å². The van der Waals surface area contributed by atoms with Crippen LogP contribution in [0.4, 0.5) is 0 Å². The quantitative estimate of drug-likeness (QED) is 0.602. The van der Waals surface area contributed by atoms with E-state index < -0.39 is 0 Å². The summed E-state index contributed by atoms with van der Waals surface area (Å²) in [6, 6.07) is 4.12. The molecule has 0 unspecified atom stereocenters. The van der Waals surface area contributed by atoms with Gasteiger partial charge in [-0.25, -0.2) is 4.98 Å². The molecule has 2 N–H and O–H groups in total. The van der Waals surface area contributed by atoms with Gasteiger partial charge in [0, 0.05) is 25.1 Å². The third kappa shape index (κ3) is 4.70. The molecule has 1 aliphatic rings. The first kappa shape index (κ1) is 19.0. The molecule has 0 saturated carbocycles. The topological polar surface area (TPSA) is 62.3 Å². The minimum atomic E-state index is 0.617. The van der Waals surface area contributed by atoms with Crippen molar-refractivity contribution in [3.05, 3.63) is 18.0 Å². The van der Waals surface area contributed by atoms with Crippen molar-refractivity contribution in [2.75, 3.05) is 19.8 Å². The zero-order valence-corrected chi connectivity index (χ0v) is 16.1. The second-order valence-corrected chi connectivity index (χ2v) is 7.12. The smallest absolute Gasteiger partial charge is 0.163 e. The van der Waals surface area contributed by atoms with Gasteiger partial charge in [0.2, 0.25) is 0 Å². The van der Waals surface area contributed by atoms with E-state index in [1.54, 1.807) is 0 Å². The highest BCUT2D eigenvalue weighted by Crippen LogP contribution is 2.35. The number of nitrogens with two attached hydrogens (primary N) is 1. The van der Waals surface area contributed by atoms with Crippen LogP contribution in [0, 0.1) is 0 Å².